The largest absolute Gasteiger partial charge is 0.467 e. The van der Waals surface area contributed by atoms with Crippen LogP contribution in [0.5, 0.6) is 0 Å². The fourth-order valence-electron chi connectivity index (χ4n) is 2.07. The van der Waals surface area contributed by atoms with Crippen molar-refractivity contribution in [3.05, 3.63) is 41.3 Å². The van der Waals surface area contributed by atoms with Gasteiger partial charge in [-0.25, -0.2) is 13.6 Å². The van der Waals surface area contributed by atoms with E-state index < -0.39 is 10.0 Å². The number of anilines is 2. The van der Waals surface area contributed by atoms with Crippen molar-refractivity contribution in [3.63, 3.8) is 0 Å². The Bertz CT molecular complexity index is 808. The average molecular weight is 374 g/mol. The summed E-state index contributed by atoms with van der Waals surface area (Å²) in [6, 6.07) is 6.01. The highest BCUT2D eigenvalue weighted by atomic mass is 35.5. The van der Waals surface area contributed by atoms with Crippen molar-refractivity contribution in [2.75, 3.05) is 23.4 Å². The van der Waals surface area contributed by atoms with E-state index in [2.05, 4.69) is 5.32 Å². The van der Waals surface area contributed by atoms with Crippen LogP contribution in [-0.4, -0.2) is 33.1 Å². The van der Waals surface area contributed by atoms with Gasteiger partial charge in [-0.3, -0.25) is 4.79 Å². The molecule has 0 aliphatic carbocycles. The number of furan rings is 1. The molecule has 1 aromatic carbocycles. The SMILES string of the molecule is NS(=O)(=O)c1cc(N(C=O)CCO)c(NCc2ccco2)cc1Cl. The predicted molar refractivity (Wildman–Crippen MR) is 89.4 cm³/mol. The molecule has 0 saturated heterocycles. The molecule has 0 saturated carbocycles. The Morgan fingerprint density at radius 1 is 1.42 bits per heavy atom. The third-order valence-corrected chi connectivity index (χ3v) is 4.54. The fraction of sp³-hybridized carbons (Fsp3) is 0.214. The van der Waals surface area contributed by atoms with E-state index in [4.69, 9.17) is 26.3 Å². The van der Waals surface area contributed by atoms with Crippen LogP contribution in [-0.2, 0) is 21.4 Å². The zero-order valence-corrected chi connectivity index (χ0v) is 14.0. The second kappa shape index (κ2) is 7.67. The van der Waals surface area contributed by atoms with Crippen LogP contribution in [0.1, 0.15) is 5.76 Å². The molecule has 0 aliphatic rings. The van der Waals surface area contributed by atoms with Gasteiger partial charge >= 0.3 is 0 Å². The van der Waals surface area contributed by atoms with Crippen LogP contribution in [0.2, 0.25) is 5.02 Å². The number of amides is 1. The normalized spacial score (nSPS) is 11.3. The van der Waals surface area contributed by atoms with Crippen LogP contribution in [0.3, 0.4) is 0 Å². The molecule has 1 amide bonds. The van der Waals surface area contributed by atoms with Gasteiger partial charge in [0.05, 0.1) is 35.8 Å². The predicted octanol–water partition coefficient (Wildman–Crippen LogP) is 1.15. The topological polar surface area (TPSA) is 126 Å². The van der Waals surface area contributed by atoms with Crippen molar-refractivity contribution in [1.29, 1.82) is 0 Å². The number of nitrogens with two attached hydrogens (primary N) is 1. The van der Waals surface area contributed by atoms with Crippen molar-refractivity contribution in [2.24, 2.45) is 5.14 Å². The van der Waals surface area contributed by atoms with Crippen LogP contribution in [0.4, 0.5) is 11.4 Å². The number of nitrogens with one attached hydrogen (secondary N) is 1. The zero-order valence-electron chi connectivity index (χ0n) is 12.5. The summed E-state index contributed by atoms with van der Waals surface area (Å²) in [7, 11) is -4.07. The summed E-state index contributed by atoms with van der Waals surface area (Å²) in [5.41, 5.74) is 0.614. The minimum absolute atomic E-state index is 0.0232. The molecular weight excluding hydrogens is 358 g/mol. The van der Waals surface area contributed by atoms with E-state index in [1.54, 1.807) is 12.1 Å². The van der Waals surface area contributed by atoms with E-state index in [-0.39, 0.29) is 35.3 Å². The average Bonchev–Trinajstić information content (AvgIpc) is 3.03. The number of hydrogen-bond acceptors (Lipinski definition) is 6. The maximum atomic E-state index is 11.6. The number of aliphatic hydroxyl groups excluding tert-OH is 1. The lowest BCUT2D eigenvalue weighted by molar-refractivity contribution is -0.107. The van der Waals surface area contributed by atoms with Gasteiger partial charge in [0.2, 0.25) is 16.4 Å². The molecule has 4 N–H and O–H groups in total. The number of rotatable bonds is 8. The van der Waals surface area contributed by atoms with E-state index in [0.29, 0.717) is 17.9 Å². The van der Waals surface area contributed by atoms with Gasteiger partial charge in [-0.2, -0.15) is 0 Å². The van der Waals surface area contributed by atoms with Crippen LogP contribution in [0.15, 0.2) is 39.8 Å². The fourth-order valence-corrected chi connectivity index (χ4v) is 3.17. The minimum atomic E-state index is -4.07. The highest BCUT2D eigenvalue weighted by Crippen LogP contribution is 2.34. The van der Waals surface area contributed by atoms with Crippen LogP contribution < -0.4 is 15.4 Å². The number of primary sulfonamides is 1. The lowest BCUT2D eigenvalue weighted by atomic mass is 10.2. The summed E-state index contributed by atoms with van der Waals surface area (Å²) in [5, 5.41) is 17.1. The molecular formula is C14H16ClN3O5S. The molecule has 0 fully saturated rings. The highest BCUT2D eigenvalue weighted by molar-refractivity contribution is 7.89. The summed E-state index contributed by atoms with van der Waals surface area (Å²) in [4.78, 5) is 12.1. The Labute approximate surface area is 143 Å². The zero-order chi connectivity index (χ0) is 17.7. The van der Waals surface area contributed by atoms with Crippen LogP contribution in [0.25, 0.3) is 0 Å². The Morgan fingerprint density at radius 3 is 2.71 bits per heavy atom. The molecule has 130 valence electrons. The number of carbonyl (C=O) groups excluding carboxylic acids is 1. The second-order valence-corrected chi connectivity index (χ2v) is 6.74. The number of hydrogen-bond donors (Lipinski definition) is 3. The first-order chi connectivity index (χ1) is 11.4. The van der Waals surface area contributed by atoms with Crippen molar-refractivity contribution >= 4 is 39.4 Å². The Balaban J connectivity index is 2.46. The van der Waals surface area contributed by atoms with Gasteiger partial charge in [0.25, 0.3) is 0 Å². The number of benzene rings is 1. The molecule has 1 aromatic heterocycles. The van der Waals surface area contributed by atoms with Crippen LogP contribution >= 0.6 is 11.6 Å². The molecule has 0 unspecified atom stereocenters. The number of carbonyl (C=O) groups is 1. The molecule has 24 heavy (non-hydrogen) atoms. The number of sulfonamides is 1. The molecule has 1 heterocycles. The van der Waals surface area contributed by atoms with Crippen molar-refractivity contribution in [1.82, 2.24) is 0 Å². The van der Waals surface area contributed by atoms with Gasteiger partial charge in [-0.15, -0.1) is 0 Å². The monoisotopic (exact) mass is 373 g/mol. The van der Waals surface area contributed by atoms with E-state index in [9.17, 15) is 13.2 Å². The molecule has 8 nitrogen and oxygen atoms in total. The van der Waals surface area contributed by atoms with Crippen molar-refractivity contribution in [2.45, 2.75) is 11.4 Å². The van der Waals surface area contributed by atoms with Gasteiger partial charge in [0.15, 0.2) is 0 Å². The van der Waals surface area contributed by atoms with Gasteiger partial charge < -0.3 is 19.7 Å². The summed E-state index contributed by atoms with van der Waals surface area (Å²) in [6.07, 6.45) is 1.99. The third-order valence-electron chi connectivity index (χ3n) is 3.17. The summed E-state index contributed by atoms with van der Waals surface area (Å²) in [6.45, 7) is -0.0365. The van der Waals surface area contributed by atoms with Crippen molar-refractivity contribution in [3.8, 4) is 0 Å². The molecule has 2 rings (SSSR count). The molecule has 0 spiro atoms. The van der Waals surface area contributed by atoms with Gasteiger partial charge in [0, 0.05) is 6.54 Å². The second-order valence-electron chi connectivity index (χ2n) is 4.80. The smallest absolute Gasteiger partial charge is 0.239 e. The highest BCUT2D eigenvalue weighted by Gasteiger charge is 2.20. The molecule has 0 aliphatic heterocycles. The maximum absolute atomic E-state index is 11.6. The standard InChI is InChI=1S/C14H16ClN3O5S/c15-11-6-12(17-8-10-2-1-5-23-10)13(18(9-20)3-4-19)7-14(11)24(16,21)22/h1-2,5-7,9,17,19H,3-4,8H2,(H2,16,21,22). The van der Waals surface area contributed by atoms with E-state index in [0.717, 1.165) is 4.90 Å². The molecule has 0 atom stereocenters. The Hall–Kier alpha value is -2.07. The first-order valence-corrected chi connectivity index (χ1v) is 8.74. The lowest BCUT2D eigenvalue weighted by Gasteiger charge is -2.22. The molecule has 0 radical (unpaired) electrons. The molecule has 0 bridgehead atoms. The summed E-state index contributed by atoms with van der Waals surface area (Å²) < 4.78 is 28.5. The number of aliphatic hydroxyl groups is 1. The van der Waals surface area contributed by atoms with Crippen LogP contribution in [0, 0.1) is 0 Å². The first kappa shape index (κ1) is 18.3. The Morgan fingerprint density at radius 2 is 2.17 bits per heavy atom. The first-order valence-electron chi connectivity index (χ1n) is 6.82. The van der Waals surface area contributed by atoms with E-state index in [1.165, 1.54) is 18.4 Å². The third kappa shape index (κ3) is 4.26. The lowest BCUT2D eigenvalue weighted by Crippen LogP contribution is -2.26. The summed E-state index contributed by atoms with van der Waals surface area (Å²) >= 11 is 5.99. The number of nitrogens with zero attached hydrogens (tertiary/aromatic N) is 1. The Kier molecular flexibility index (Phi) is 5.84. The number of halogens is 1. The summed E-state index contributed by atoms with van der Waals surface area (Å²) in [5.74, 6) is 0.632. The van der Waals surface area contributed by atoms with E-state index in [1.807, 2.05) is 0 Å². The van der Waals surface area contributed by atoms with E-state index >= 15 is 0 Å². The van der Waals surface area contributed by atoms with Gasteiger partial charge in [0.1, 0.15) is 10.7 Å². The quantitative estimate of drug-likeness (QED) is 0.596. The molecule has 2 aromatic rings. The van der Waals surface area contributed by atoms with Crippen molar-refractivity contribution < 1.29 is 22.7 Å². The molecule has 10 heteroatoms. The van der Waals surface area contributed by atoms with Gasteiger partial charge in [-0.05, 0) is 24.3 Å². The maximum Gasteiger partial charge on any atom is 0.239 e. The van der Waals surface area contributed by atoms with Gasteiger partial charge in [-0.1, -0.05) is 11.6 Å². The minimum Gasteiger partial charge on any atom is -0.467 e.